The topological polar surface area (TPSA) is 32.8 Å². The molecular weight excluding hydrogens is 264 g/mol. The van der Waals surface area contributed by atoms with Gasteiger partial charge in [0.1, 0.15) is 5.75 Å². The van der Waals surface area contributed by atoms with E-state index in [1.807, 2.05) is 25.1 Å². The Hall–Kier alpha value is -1.39. The van der Waals surface area contributed by atoms with Crippen molar-refractivity contribution in [2.24, 2.45) is 0 Å². The molecule has 1 saturated heterocycles. The Morgan fingerprint density at radius 2 is 1.90 bits per heavy atom. The number of likely N-dealkylation sites (N-methyl/N-ethyl adjacent to an activating group) is 1. The quantitative estimate of drug-likeness (QED) is 0.796. The average Bonchev–Trinajstić information content (AvgIpc) is 2.44. The maximum Gasteiger partial charge on any atom is 0.180 e. The molecule has 2 unspecified atom stereocenters. The number of hydrogen-bond donors (Lipinski definition) is 0. The molecule has 2 atom stereocenters. The third-order valence-electron chi connectivity index (χ3n) is 4.46. The third kappa shape index (κ3) is 3.63. The number of rotatable bonds is 4. The molecule has 1 fully saturated rings. The summed E-state index contributed by atoms with van der Waals surface area (Å²) in [4.78, 5) is 17.2. The van der Waals surface area contributed by atoms with E-state index < -0.39 is 0 Å². The van der Waals surface area contributed by atoms with Crippen molar-refractivity contribution in [1.29, 1.82) is 0 Å². The van der Waals surface area contributed by atoms with Gasteiger partial charge in [-0.2, -0.15) is 0 Å². The zero-order valence-corrected chi connectivity index (χ0v) is 13.7. The number of hydrogen-bond acceptors (Lipinski definition) is 4. The summed E-state index contributed by atoms with van der Waals surface area (Å²) in [5.74, 6) is 0.811. The van der Waals surface area contributed by atoms with Crippen LogP contribution >= 0.6 is 0 Å². The molecule has 0 bridgehead atoms. The van der Waals surface area contributed by atoms with Crippen LogP contribution in [0.5, 0.6) is 5.75 Å². The van der Waals surface area contributed by atoms with Gasteiger partial charge in [-0.1, -0.05) is 6.07 Å². The second-order valence-corrected chi connectivity index (χ2v) is 6.18. The second-order valence-electron chi connectivity index (χ2n) is 6.18. The Labute approximate surface area is 127 Å². The molecule has 21 heavy (non-hydrogen) atoms. The number of Topliss-reactive ketones (excluding diaryl/α,β-unsaturated/α-hetero) is 1. The fourth-order valence-corrected chi connectivity index (χ4v) is 2.96. The van der Waals surface area contributed by atoms with E-state index in [-0.39, 0.29) is 5.78 Å². The lowest BCUT2D eigenvalue weighted by Gasteiger charge is -2.42. The molecule has 0 radical (unpaired) electrons. The predicted molar refractivity (Wildman–Crippen MR) is 85.2 cm³/mol. The van der Waals surface area contributed by atoms with Crippen LogP contribution in [0.2, 0.25) is 0 Å². The van der Waals surface area contributed by atoms with Gasteiger partial charge in [-0.3, -0.25) is 14.6 Å². The van der Waals surface area contributed by atoms with E-state index in [0.29, 0.717) is 29.9 Å². The van der Waals surface area contributed by atoms with Gasteiger partial charge in [-0.15, -0.1) is 0 Å². The number of nitrogens with zero attached hydrogens (tertiary/aromatic N) is 2. The van der Waals surface area contributed by atoms with Gasteiger partial charge in [0, 0.05) is 25.2 Å². The smallest absolute Gasteiger partial charge is 0.180 e. The number of ether oxygens (including phenoxy) is 1. The SMILES string of the molecule is COc1cc(C)ccc1C(=O)CN1CC(C)N(C)C(C)C1. The van der Waals surface area contributed by atoms with E-state index >= 15 is 0 Å². The Balaban J connectivity index is 2.08. The van der Waals surface area contributed by atoms with E-state index in [1.165, 1.54) is 0 Å². The zero-order valence-electron chi connectivity index (χ0n) is 13.7. The molecule has 4 heteroatoms. The lowest BCUT2D eigenvalue weighted by molar-refractivity contribution is 0.0548. The molecule has 0 N–H and O–H groups in total. The number of carbonyl (C=O) groups excluding carboxylic acids is 1. The van der Waals surface area contributed by atoms with E-state index in [2.05, 4.69) is 30.7 Å². The van der Waals surface area contributed by atoms with Crippen molar-refractivity contribution in [3.05, 3.63) is 29.3 Å². The molecule has 1 aliphatic rings. The molecule has 0 spiro atoms. The molecule has 0 aromatic heterocycles. The number of piperazine rings is 1. The first-order valence-electron chi connectivity index (χ1n) is 7.54. The van der Waals surface area contributed by atoms with Crippen molar-refractivity contribution < 1.29 is 9.53 Å². The summed E-state index contributed by atoms with van der Waals surface area (Å²) >= 11 is 0. The lowest BCUT2D eigenvalue weighted by Crippen LogP contribution is -2.55. The minimum Gasteiger partial charge on any atom is -0.496 e. The number of aryl methyl sites for hydroxylation is 1. The molecule has 1 heterocycles. The molecule has 116 valence electrons. The van der Waals surface area contributed by atoms with Crippen LogP contribution in [0.15, 0.2) is 18.2 Å². The zero-order chi connectivity index (χ0) is 15.6. The largest absolute Gasteiger partial charge is 0.496 e. The lowest BCUT2D eigenvalue weighted by atomic mass is 10.0. The van der Waals surface area contributed by atoms with Crippen LogP contribution in [0.3, 0.4) is 0 Å². The van der Waals surface area contributed by atoms with Gasteiger partial charge in [0.05, 0.1) is 19.2 Å². The maximum atomic E-state index is 12.6. The third-order valence-corrected chi connectivity index (χ3v) is 4.46. The van der Waals surface area contributed by atoms with Crippen molar-refractivity contribution in [3.8, 4) is 5.75 Å². The fourth-order valence-electron chi connectivity index (χ4n) is 2.96. The van der Waals surface area contributed by atoms with Crippen LogP contribution in [0, 0.1) is 6.92 Å². The monoisotopic (exact) mass is 290 g/mol. The number of benzene rings is 1. The standard InChI is InChI=1S/C17H26N2O2/c1-12-6-7-15(17(8-12)21-5)16(20)11-19-9-13(2)18(4)14(3)10-19/h6-8,13-14H,9-11H2,1-5H3. The van der Waals surface area contributed by atoms with Crippen LogP contribution < -0.4 is 4.74 Å². The van der Waals surface area contributed by atoms with E-state index in [4.69, 9.17) is 4.74 Å². The van der Waals surface area contributed by atoms with Crippen molar-refractivity contribution in [2.45, 2.75) is 32.9 Å². The molecule has 4 nitrogen and oxygen atoms in total. The number of methoxy groups -OCH3 is 1. The van der Waals surface area contributed by atoms with Crippen LogP contribution in [-0.4, -0.2) is 61.5 Å². The van der Waals surface area contributed by atoms with E-state index in [9.17, 15) is 4.79 Å². The van der Waals surface area contributed by atoms with Crippen LogP contribution in [0.1, 0.15) is 29.8 Å². The minimum atomic E-state index is 0.135. The summed E-state index contributed by atoms with van der Waals surface area (Å²) in [6.45, 7) is 8.74. The summed E-state index contributed by atoms with van der Waals surface area (Å²) in [6.07, 6.45) is 0. The van der Waals surface area contributed by atoms with Crippen molar-refractivity contribution in [2.75, 3.05) is 33.8 Å². The van der Waals surface area contributed by atoms with Crippen LogP contribution in [0.25, 0.3) is 0 Å². The van der Waals surface area contributed by atoms with Gasteiger partial charge in [-0.25, -0.2) is 0 Å². The fraction of sp³-hybridized carbons (Fsp3) is 0.588. The Kier molecular flexibility index (Phi) is 5.01. The first-order valence-corrected chi connectivity index (χ1v) is 7.54. The van der Waals surface area contributed by atoms with Gasteiger partial charge in [0.25, 0.3) is 0 Å². The Morgan fingerprint density at radius 3 is 2.48 bits per heavy atom. The Morgan fingerprint density at radius 1 is 1.29 bits per heavy atom. The summed E-state index contributed by atoms with van der Waals surface area (Å²) in [5, 5.41) is 0. The van der Waals surface area contributed by atoms with Crippen LogP contribution in [-0.2, 0) is 0 Å². The van der Waals surface area contributed by atoms with E-state index in [1.54, 1.807) is 7.11 Å². The van der Waals surface area contributed by atoms with Gasteiger partial charge < -0.3 is 4.74 Å². The molecule has 2 rings (SSSR count). The minimum absolute atomic E-state index is 0.135. The Bertz CT molecular complexity index is 504. The summed E-state index contributed by atoms with van der Waals surface area (Å²) < 4.78 is 5.35. The second kappa shape index (κ2) is 6.58. The first kappa shape index (κ1) is 16.0. The molecule has 1 aliphatic heterocycles. The van der Waals surface area contributed by atoms with Crippen molar-refractivity contribution >= 4 is 5.78 Å². The summed E-state index contributed by atoms with van der Waals surface area (Å²) in [6, 6.07) is 6.70. The number of ketones is 1. The molecule has 0 aliphatic carbocycles. The molecular formula is C17H26N2O2. The first-order chi connectivity index (χ1) is 9.92. The van der Waals surface area contributed by atoms with Crippen molar-refractivity contribution in [3.63, 3.8) is 0 Å². The number of carbonyl (C=O) groups is 1. The van der Waals surface area contributed by atoms with Gasteiger partial charge in [0.15, 0.2) is 5.78 Å². The highest BCUT2D eigenvalue weighted by atomic mass is 16.5. The van der Waals surface area contributed by atoms with E-state index in [0.717, 1.165) is 18.7 Å². The summed E-state index contributed by atoms with van der Waals surface area (Å²) in [7, 11) is 3.77. The highest BCUT2D eigenvalue weighted by Gasteiger charge is 2.28. The molecule has 1 aromatic carbocycles. The average molecular weight is 290 g/mol. The highest BCUT2D eigenvalue weighted by molar-refractivity contribution is 6.00. The van der Waals surface area contributed by atoms with Gasteiger partial charge >= 0.3 is 0 Å². The normalized spacial score (nSPS) is 24.0. The van der Waals surface area contributed by atoms with Gasteiger partial charge in [0.2, 0.25) is 0 Å². The van der Waals surface area contributed by atoms with Crippen LogP contribution in [0.4, 0.5) is 0 Å². The van der Waals surface area contributed by atoms with Crippen molar-refractivity contribution in [1.82, 2.24) is 9.80 Å². The molecule has 1 aromatic rings. The highest BCUT2D eigenvalue weighted by Crippen LogP contribution is 2.21. The maximum absolute atomic E-state index is 12.6. The summed E-state index contributed by atoms with van der Waals surface area (Å²) in [5.41, 5.74) is 1.78. The molecule has 0 amide bonds. The van der Waals surface area contributed by atoms with Gasteiger partial charge in [-0.05, 0) is 45.5 Å². The predicted octanol–water partition coefficient (Wildman–Crippen LogP) is 2.21. The molecule has 0 saturated carbocycles.